The van der Waals surface area contributed by atoms with Crippen molar-refractivity contribution in [2.45, 2.75) is 51.7 Å². The van der Waals surface area contributed by atoms with Gasteiger partial charge in [-0.05, 0) is 37.6 Å². The lowest BCUT2D eigenvalue weighted by Crippen LogP contribution is -2.80. The van der Waals surface area contributed by atoms with Crippen LogP contribution in [0.2, 0.25) is 0 Å². The van der Waals surface area contributed by atoms with Crippen molar-refractivity contribution in [3.05, 3.63) is 0 Å². The van der Waals surface area contributed by atoms with E-state index in [9.17, 15) is 0 Å². The minimum absolute atomic E-state index is 0.0732. The second-order valence-electron chi connectivity index (χ2n) is 7.41. The molecule has 2 aliphatic carbocycles. The molecule has 0 radical (unpaired) electrons. The summed E-state index contributed by atoms with van der Waals surface area (Å²) in [5, 5.41) is 3.63. The van der Waals surface area contributed by atoms with Crippen molar-refractivity contribution in [2.75, 3.05) is 19.7 Å². The molecule has 0 aromatic heterocycles. The average Bonchev–Trinajstić information content (AvgIpc) is 3.05. The lowest BCUT2D eigenvalue weighted by Gasteiger charge is -2.66. The van der Waals surface area contributed by atoms with E-state index in [1.54, 1.807) is 0 Å². The molecule has 0 spiro atoms. The molecule has 3 rings (SSSR count). The molecule has 1 heterocycles. The van der Waals surface area contributed by atoms with Gasteiger partial charge in [0.05, 0.1) is 6.10 Å². The minimum Gasteiger partial charge on any atom is -0.377 e. The monoisotopic (exact) mass is 252 g/mol. The first kappa shape index (κ1) is 12.9. The lowest BCUT2D eigenvalue weighted by atomic mass is 9.46. The largest absolute Gasteiger partial charge is 0.377 e. The summed E-state index contributed by atoms with van der Waals surface area (Å²) in [7, 11) is 0. The Hall–Kier alpha value is -0.120. The topological polar surface area (TPSA) is 47.3 Å². The molecule has 0 amide bonds. The predicted octanol–water partition coefficient (Wildman–Crippen LogP) is 1.76. The van der Waals surface area contributed by atoms with Gasteiger partial charge < -0.3 is 15.8 Å². The molecular weight excluding hydrogens is 224 g/mol. The van der Waals surface area contributed by atoms with Crippen molar-refractivity contribution >= 4 is 0 Å². The molecule has 3 heteroatoms. The van der Waals surface area contributed by atoms with E-state index in [-0.39, 0.29) is 11.0 Å². The maximum Gasteiger partial charge on any atom is 0.0690 e. The summed E-state index contributed by atoms with van der Waals surface area (Å²) in [6, 6.07) is 0. The molecule has 5 unspecified atom stereocenters. The fraction of sp³-hybridized carbons (Fsp3) is 1.00. The Morgan fingerprint density at radius 3 is 2.78 bits per heavy atom. The average molecular weight is 252 g/mol. The van der Waals surface area contributed by atoms with Crippen molar-refractivity contribution in [3.8, 4) is 0 Å². The number of rotatable bonds is 4. The molecular formula is C15H28N2O. The molecule has 3 fully saturated rings. The van der Waals surface area contributed by atoms with E-state index in [2.05, 4.69) is 26.1 Å². The van der Waals surface area contributed by atoms with Crippen molar-refractivity contribution in [2.24, 2.45) is 28.9 Å². The van der Waals surface area contributed by atoms with E-state index < -0.39 is 0 Å². The maximum absolute atomic E-state index is 6.73. The first-order valence-electron chi connectivity index (χ1n) is 7.58. The third kappa shape index (κ3) is 1.75. The van der Waals surface area contributed by atoms with E-state index in [4.69, 9.17) is 10.5 Å². The number of hydrogen-bond acceptors (Lipinski definition) is 3. The summed E-state index contributed by atoms with van der Waals surface area (Å²) in [6.07, 6.45) is 4.20. The van der Waals surface area contributed by atoms with E-state index >= 15 is 0 Å². The molecule has 5 atom stereocenters. The van der Waals surface area contributed by atoms with Crippen molar-refractivity contribution in [1.29, 1.82) is 0 Å². The highest BCUT2D eigenvalue weighted by atomic mass is 16.5. The van der Waals surface area contributed by atoms with Crippen LogP contribution >= 0.6 is 0 Å². The van der Waals surface area contributed by atoms with Gasteiger partial charge in [-0.15, -0.1) is 0 Å². The third-order valence-corrected chi connectivity index (χ3v) is 6.00. The summed E-state index contributed by atoms with van der Waals surface area (Å²) in [5.74, 6) is 2.38. The highest BCUT2D eigenvalue weighted by molar-refractivity contribution is 5.20. The van der Waals surface area contributed by atoms with Gasteiger partial charge >= 0.3 is 0 Å². The van der Waals surface area contributed by atoms with Gasteiger partial charge in [-0.3, -0.25) is 0 Å². The first-order chi connectivity index (χ1) is 8.47. The van der Waals surface area contributed by atoms with Crippen LogP contribution in [0.15, 0.2) is 0 Å². The molecule has 3 aliphatic rings. The van der Waals surface area contributed by atoms with Gasteiger partial charge in [0, 0.05) is 30.0 Å². The fourth-order valence-corrected chi connectivity index (χ4v) is 4.17. The number of ether oxygens (including phenoxy) is 1. The van der Waals surface area contributed by atoms with Crippen LogP contribution in [0, 0.1) is 23.2 Å². The van der Waals surface area contributed by atoms with Crippen LogP contribution in [0.1, 0.15) is 40.0 Å². The normalized spacial score (nSPS) is 49.3. The van der Waals surface area contributed by atoms with Crippen molar-refractivity contribution in [1.82, 2.24) is 5.32 Å². The highest BCUT2D eigenvalue weighted by Crippen LogP contribution is 2.57. The molecule has 104 valence electrons. The van der Waals surface area contributed by atoms with Crippen molar-refractivity contribution < 1.29 is 4.74 Å². The first-order valence-corrected chi connectivity index (χ1v) is 7.58. The van der Waals surface area contributed by atoms with Crippen LogP contribution < -0.4 is 11.1 Å². The van der Waals surface area contributed by atoms with Crippen LogP contribution in [-0.4, -0.2) is 31.3 Å². The standard InChI is InChI=1S/C15H28N2O/c1-10-7-11(10)8-17-9-15(16)12-5-4-6-18-13(12)14(15,2)3/h10-13,17H,4-9,16H2,1-3H3. The van der Waals surface area contributed by atoms with Gasteiger partial charge in [-0.25, -0.2) is 0 Å². The Bertz CT molecular complexity index is 330. The van der Waals surface area contributed by atoms with Gasteiger partial charge in [-0.1, -0.05) is 20.8 Å². The minimum atomic E-state index is -0.0732. The lowest BCUT2D eigenvalue weighted by molar-refractivity contribution is -0.225. The Morgan fingerprint density at radius 1 is 1.39 bits per heavy atom. The molecule has 18 heavy (non-hydrogen) atoms. The summed E-state index contributed by atoms with van der Waals surface area (Å²) in [5.41, 5.74) is 6.77. The van der Waals surface area contributed by atoms with Gasteiger partial charge in [-0.2, -0.15) is 0 Å². The predicted molar refractivity (Wildman–Crippen MR) is 73.3 cm³/mol. The number of nitrogens with one attached hydrogen (secondary N) is 1. The summed E-state index contributed by atoms with van der Waals surface area (Å²) < 4.78 is 5.94. The number of fused-ring (bicyclic) bond motifs is 1. The van der Waals surface area contributed by atoms with Gasteiger partial charge in [0.25, 0.3) is 0 Å². The Kier molecular flexibility index (Phi) is 3.00. The van der Waals surface area contributed by atoms with Gasteiger partial charge in [0.15, 0.2) is 0 Å². The van der Waals surface area contributed by atoms with E-state index in [1.807, 2.05) is 0 Å². The molecule has 3 N–H and O–H groups in total. The summed E-state index contributed by atoms with van der Waals surface area (Å²) >= 11 is 0. The zero-order valence-corrected chi connectivity index (χ0v) is 12.0. The quantitative estimate of drug-likeness (QED) is 0.801. The Morgan fingerprint density at radius 2 is 2.11 bits per heavy atom. The van der Waals surface area contributed by atoms with Crippen LogP contribution in [0.3, 0.4) is 0 Å². The molecule has 2 saturated carbocycles. The zero-order chi connectivity index (χ0) is 13.0. The van der Waals surface area contributed by atoms with E-state index in [1.165, 1.54) is 19.3 Å². The third-order valence-electron chi connectivity index (χ3n) is 6.00. The highest BCUT2D eigenvalue weighted by Gasteiger charge is 2.66. The molecule has 0 aromatic rings. The molecule has 0 bridgehead atoms. The van der Waals surface area contributed by atoms with Gasteiger partial charge in [0.1, 0.15) is 0 Å². The SMILES string of the molecule is CC1CC1CNCC1(N)C2CCCOC2C1(C)C. The van der Waals surface area contributed by atoms with Crippen LogP contribution in [0.4, 0.5) is 0 Å². The summed E-state index contributed by atoms with van der Waals surface area (Å²) in [6.45, 7) is 9.92. The second kappa shape index (κ2) is 4.19. The van der Waals surface area contributed by atoms with Gasteiger partial charge in [0.2, 0.25) is 0 Å². The van der Waals surface area contributed by atoms with Crippen molar-refractivity contribution in [3.63, 3.8) is 0 Å². The van der Waals surface area contributed by atoms with Crippen LogP contribution in [-0.2, 0) is 4.74 Å². The smallest absolute Gasteiger partial charge is 0.0690 e. The zero-order valence-electron chi connectivity index (χ0n) is 12.0. The maximum atomic E-state index is 6.73. The molecule has 3 nitrogen and oxygen atoms in total. The second-order valence-corrected chi connectivity index (χ2v) is 7.41. The number of nitrogens with two attached hydrogens (primary N) is 1. The number of hydrogen-bond donors (Lipinski definition) is 2. The van der Waals surface area contributed by atoms with E-state index in [0.717, 1.165) is 31.5 Å². The van der Waals surface area contributed by atoms with Crippen LogP contribution in [0.5, 0.6) is 0 Å². The fourth-order valence-electron chi connectivity index (χ4n) is 4.17. The Labute approximate surface area is 111 Å². The Balaban J connectivity index is 1.58. The molecule has 1 aliphatic heterocycles. The van der Waals surface area contributed by atoms with E-state index in [0.29, 0.717) is 12.0 Å². The van der Waals surface area contributed by atoms with Crippen LogP contribution in [0.25, 0.3) is 0 Å². The molecule has 1 saturated heterocycles. The summed E-state index contributed by atoms with van der Waals surface area (Å²) in [4.78, 5) is 0. The molecule has 0 aromatic carbocycles.